The smallest absolute Gasteiger partial charge is 0.129 e. The molecule has 1 aromatic heterocycles. The number of hydrogen-bond acceptors (Lipinski definition) is 5. The number of morpholine rings is 1. The number of rotatable bonds is 6. The summed E-state index contributed by atoms with van der Waals surface area (Å²) in [4.78, 5) is 6.94. The lowest BCUT2D eigenvalue weighted by Crippen LogP contribution is -2.37. The predicted octanol–water partition coefficient (Wildman–Crippen LogP) is 2.82. The maximum atomic E-state index is 5.88. The number of pyridine rings is 1. The second-order valence-electron chi connectivity index (χ2n) is 6.59. The summed E-state index contributed by atoms with van der Waals surface area (Å²) in [6.45, 7) is 6.62. The number of benzene rings is 1. The molecule has 0 saturated carbocycles. The van der Waals surface area contributed by atoms with E-state index in [1.54, 1.807) is 0 Å². The highest BCUT2D eigenvalue weighted by Gasteiger charge is 2.12. The average molecular weight is 339 g/mol. The van der Waals surface area contributed by atoms with Gasteiger partial charge in [-0.2, -0.15) is 0 Å². The van der Waals surface area contributed by atoms with Crippen LogP contribution in [0.2, 0.25) is 0 Å². The lowest BCUT2D eigenvalue weighted by Gasteiger charge is -2.26. The van der Waals surface area contributed by atoms with E-state index in [1.165, 1.54) is 16.7 Å². The summed E-state index contributed by atoms with van der Waals surface area (Å²) >= 11 is 0. The van der Waals surface area contributed by atoms with Gasteiger partial charge in [-0.15, -0.1) is 0 Å². The van der Waals surface area contributed by atoms with Crippen LogP contribution in [0, 0.1) is 0 Å². The molecule has 0 spiro atoms. The lowest BCUT2D eigenvalue weighted by molar-refractivity contribution is 0.0358. The first kappa shape index (κ1) is 16.4. The van der Waals surface area contributed by atoms with Gasteiger partial charge in [0.25, 0.3) is 0 Å². The summed E-state index contributed by atoms with van der Waals surface area (Å²) < 4.78 is 11.2. The number of nitrogens with one attached hydrogen (secondary N) is 1. The molecular weight excluding hydrogens is 314 g/mol. The molecule has 0 aliphatic carbocycles. The van der Waals surface area contributed by atoms with E-state index in [2.05, 4.69) is 45.5 Å². The third-order valence-electron chi connectivity index (χ3n) is 4.83. The monoisotopic (exact) mass is 339 g/mol. The van der Waals surface area contributed by atoms with Gasteiger partial charge in [0, 0.05) is 37.9 Å². The Bertz CT molecular complexity index is 697. The van der Waals surface area contributed by atoms with Crippen molar-refractivity contribution in [1.82, 2.24) is 9.88 Å². The van der Waals surface area contributed by atoms with Crippen molar-refractivity contribution in [3.8, 4) is 16.9 Å². The van der Waals surface area contributed by atoms with Gasteiger partial charge in [-0.3, -0.25) is 4.90 Å². The van der Waals surface area contributed by atoms with Crippen LogP contribution < -0.4 is 10.1 Å². The zero-order valence-corrected chi connectivity index (χ0v) is 14.5. The highest BCUT2D eigenvalue weighted by molar-refractivity contribution is 5.67. The Morgan fingerprint density at radius 1 is 1.12 bits per heavy atom. The van der Waals surface area contributed by atoms with Crippen LogP contribution in [0.1, 0.15) is 12.0 Å². The van der Waals surface area contributed by atoms with E-state index in [9.17, 15) is 0 Å². The van der Waals surface area contributed by atoms with Gasteiger partial charge in [0.2, 0.25) is 0 Å². The number of ether oxygens (including phenoxy) is 2. The predicted molar refractivity (Wildman–Crippen MR) is 99.2 cm³/mol. The molecule has 25 heavy (non-hydrogen) atoms. The summed E-state index contributed by atoms with van der Waals surface area (Å²) in [5, 5.41) is 3.30. The summed E-state index contributed by atoms with van der Waals surface area (Å²) in [6.07, 6.45) is 4.04. The van der Waals surface area contributed by atoms with Gasteiger partial charge in [-0.05, 0) is 42.2 Å². The van der Waals surface area contributed by atoms with Crippen LogP contribution in [0.4, 0.5) is 5.82 Å². The third kappa shape index (κ3) is 4.11. The molecule has 2 aliphatic rings. The van der Waals surface area contributed by atoms with Gasteiger partial charge in [0.1, 0.15) is 11.6 Å². The molecule has 5 heteroatoms. The van der Waals surface area contributed by atoms with Crippen LogP contribution in [0.3, 0.4) is 0 Å². The Labute approximate surface area is 149 Å². The van der Waals surface area contributed by atoms with E-state index in [-0.39, 0.29) is 0 Å². The molecular formula is C20H25N3O2. The molecule has 2 aliphatic heterocycles. The molecule has 1 fully saturated rings. The molecule has 3 heterocycles. The maximum Gasteiger partial charge on any atom is 0.129 e. The summed E-state index contributed by atoms with van der Waals surface area (Å²) in [6, 6.07) is 10.6. The van der Waals surface area contributed by atoms with E-state index in [1.807, 2.05) is 6.20 Å². The molecule has 132 valence electrons. The fraction of sp³-hybridized carbons (Fsp3) is 0.450. The first-order chi connectivity index (χ1) is 12.4. The molecule has 0 unspecified atom stereocenters. The van der Waals surface area contributed by atoms with E-state index in [4.69, 9.17) is 9.47 Å². The largest absolute Gasteiger partial charge is 0.494 e. The molecule has 0 bridgehead atoms. The van der Waals surface area contributed by atoms with Crippen molar-refractivity contribution in [3.05, 3.63) is 42.1 Å². The number of nitrogens with zero attached hydrogens (tertiary/aromatic N) is 2. The SMILES string of the molecule is c1cc(-c2cnc3c(c2)CCN3)ccc1OCCCN1CCOCC1. The zero-order valence-electron chi connectivity index (χ0n) is 14.5. The van der Waals surface area contributed by atoms with Crippen LogP contribution >= 0.6 is 0 Å². The standard InChI is InChI=1S/C20H25N3O2/c1(8-23-9-12-24-13-10-23)11-25-19-4-2-16(3-5-19)18-14-17-6-7-21-20(17)22-15-18/h2-5,14-15H,1,6-13H2,(H,21,22). The first-order valence-electron chi connectivity index (χ1n) is 9.15. The fourth-order valence-electron chi connectivity index (χ4n) is 3.38. The van der Waals surface area contributed by atoms with E-state index in [0.717, 1.165) is 70.4 Å². The van der Waals surface area contributed by atoms with Crippen molar-refractivity contribution in [2.75, 3.05) is 51.3 Å². The first-order valence-corrected chi connectivity index (χ1v) is 9.15. The van der Waals surface area contributed by atoms with Crippen molar-refractivity contribution in [2.24, 2.45) is 0 Å². The minimum atomic E-state index is 0.753. The molecule has 5 nitrogen and oxygen atoms in total. The number of anilines is 1. The molecule has 1 aromatic carbocycles. The van der Waals surface area contributed by atoms with E-state index in [0.29, 0.717) is 0 Å². The minimum absolute atomic E-state index is 0.753. The van der Waals surface area contributed by atoms with Gasteiger partial charge in [-0.25, -0.2) is 4.98 Å². The topological polar surface area (TPSA) is 46.6 Å². The second kappa shape index (κ2) is 7.85. The summed E-state index contributed by atoms with van der Waals surface area (Å²) in [5.41, 5.74) is 3.66. The molecule has 0 amide bonds. The quantitative estimate of drug-likeness (QED) is 0.820. The number of aromatic nitrogens is 1. The van der Waals surface area contributed by atoms with Gasteiger partial charge >= 0.3 is 0 Å². The van der Waals surface area contributed by atoms with Crippen molar-refractivity contribution < 1.29 is 9.47 Å². The van der Waals surface area contributed by atoms with Crippen molar-refractivity contribution in [3.63, 3.8) is 0 Å². The Morgan fingerprint density at radius 2 is 1.96 bits per heavy atom. The Morgan fingerprint density at radius 3 is 2.80 bits per heavy atom. The van der Waals surface area contributed by atoms with Gasteiger partial charge in [0.05, 0.1) is 19.8 Å². The second-order valence-corrected chi connectivity index (χ2v) is 6.59. The van der Waals surface area contributed by atoms with Crippen molar-refractivity contribution in [1.29, 1.82) is 0 Å². The van der Waals surface area contributed by atoms with Crippen LogP contribution in [0.5, 0.6) is 5.75 Å². The highest BCUT2D eigenvalue weighted by atomic mass is 16.5. The Balaban J connectivity index is 1.28. The molecule has 0 atom stereocenters. The number of hydrogen-bond donors (Lipinski definition) is 1. The Kier molecular flexibility index (Phi) is 5.14. The third-order valence-corrected chi connectivity index (χ3v) is 4.83. The van der Waals surface area contributed by atoms with Gasteiger partial charge in [-0.1, -0.05) is 12.1 Å². The highest BCUT2D eigenvalue weighted by Crippen LogP contribution is 2.27. The molecule has 2 aromatic rings. The van der Waals surface area contributed by atoms with Crippen LogP contribution in [0.25, 0.3) is 11.1 Å². The molecule has 4 rings (SSSR count). The zero-order chi connectivity index (χ0) is 16.9. The minimum Gasteiger partial charge on any atom is -0.494 e. The number of fused-ring (bicyclic) bond motifs is 1. The van der Waals surface area contributed by atoms with Gasteiger partial charge in [0.15, 0.2) is 0 Å². The molecule has 1 N–H and O–H groups in total. The van der Waals surface area contributed by atoms with Gasteiger partial charge < -0.3 is 14.8 Å². The van der Waals surface area contributed by atoms with Crippen LogP contribution in [0.15, 0.2) is 36.5 Å². The van der Waals surface area contributed by atoms with Crippen LogP contribution in [-0.4, -0.2) is 55.9 Å². The van der Waals surface area contributed by atoms with Crippen molar-refractivity contribution in [2.45, 2.75) is 12.8 Å². The lowest BCUT2D eigenvalue weighted by atomic mass is 10.1. The average Bonchev–Trinajstić information content (AvgIpc) is 3.14. The Hall–Kier alpha value is -2.11. The fourth-order valence-corrected chi connectivity index (χ4v) is 3.38. The molecule has 1 saturated heterocycles. The maximum absolute atomic E-state index is 5.88. The van der Waals surface area contributed by atoms with Crippen LogP contribution in [-0.2, 0) is 11.2 Å². The normalized spacial score (nSPS) is 17.1. The van der Waals surface area contributed by atoms with E-state index >= 15 is 0 Å². The van der Waals surface area contributed by atoms with Crippen molar-refractivity contribution >= 4 is 5.82 Å². The van der Waals surface area contributed by atoms with E-state index < -0.39 is 0 Å². The summed E-state index contributed by atoms with van der Waals surface area (Å²) in [5.74, 6) is 1.96. The molecule has 0 radical (unpaired) electrons. The summed E-state index contributed by atoms with van der Waals surface area (Å²) in [7, 11) is 0.